The highest BCUT2D eigenvalue weighted by Crippen LogP contribution is 2.40. The Morgan fingerprint density at radius 3 is 2.67 bits per heavy atom. The van der Waals surface area contributed by atoms with Crippen molar-refractivity contribution in [2.75, 3.05) is 19.6 Å². The molecule has 3 rings (SSSR count). The van der Waals surface area contributed by atoms with Gasteiger partial charge in [0.05, 0.1) is 5.69 Å². The lowest BCUT2D eigenvalue weighted by molar-refractivity contribution is 0.164. The Morgan fingerprint density at radius 1 is 1.29 bits per heavy atom. The molecule has 0 spiro atoms. The molecule has 1 aromatic heterocycles. The minimum Gasteiger partial charge on any atom is -0.316 e. The molecule has 2 fully saturated rings. The molecule has 2 aliphatic rings. The second-order valence-corrected chi connectivity index (χ2v) is 6.83. The summed E-state index contributed by atoms with van der Waals surface area (Å²) in [6, 6.07) is 1.21. The van der Waals surface area contributed by atoms with Crippen LogP contribution < -0.4 is 5.32 Å². The number of aryl methyl sites for hydroxylation is 2. The molecule has 0 radical (unpaired) electrons. The topological polar surface area (TPSA) is 33.1 Å². The van der Waals surface area contributed by atoms with Gasteiger partial charge >= 0.3 is 0 Å². The van der Waals surface area contributed by atoms with E-state index in [0.717, 1.165) is 24.4 Å². The Kier molecular flexibility index (Phi) is 4.10. The van der Waals surface area contributed by atoms with Gasteiger partial charge in [-0.3, -0.25) is 9.58 Å². The van der Waals surface area contributed by atoms with Crippen LogP contribution in [-0.4, -0.2) is 40.4 Å². The maximum atomic E-state index is 4.72. The Labute approximate surface area is 128 Å². The van der Waals surface area contributed by atoms with Gasteiger partial charge in [-0.2, -0.15) is 5.10 Å². The maximum absolute atomic E-state index is 4.72. The molecule has 0 aromatic carbocycles. The van der Waals surface area contributed by atoms with E-state index in [2.05, 4.69) is 49.5 Å². The smallest absolute Gasteiger partial charge is 0.0644 e. The van der Waals surface area contributed by atoms with Gasteiger partial charge in [-0.05, 0) is 59.0 Å². The van der Waals surface area contributed by atoms with Gasteiger partial charge in [0.1, 0.15) is 0 Å². The van der Waals surface area contributed by atoms with E-state index >= 15 is 0 Å². The van der Waals surface area contributed by atoms with Crippen LogP contribution in [0.15, 0.2) is 0 Å². The summed E-state index contributed by atoms with van der Waals surface area (Å²) in [5.74, 6) is 1.69. The van der Waals surface area contributed by atoms with Gasteiger partial charge in [0.15, 0.2) is 0 Å². The van der Waals surface area contributed by atoms with Gasteiger partial charge in [0.25, 0.3) is 0 Å². The summed E-state index contributed by atoms with van der Waals surface area (Å²) in [6.07, 6.45) is 1.26. The quantitative estimate of drug-likeness (QED) is 0.925. The molecule has 1 aromatic rings. The molecule has 3 heterocycles. The largest absolute Gasteiger partial charge is 0.316 e. The Bertz CT molecular complexity index is 507. The first kappa shape index (κ1) is 15.0. The molecular formula is C17H30N4. The number of hydrogen-bond acceptors (Lipinski definition) is 3. The van der Waals surface area contributed by atoms with Crippen LogP contribution in [0.1, 0.15) is 50.2 Å². The van der Waals surface area contributed by atoms with Crippen LogP contribution in [0, 0.1) is 25.7 Å². The third-order valence-corrected chi connectivity index (χ3v) is 5.83. The SMILES string of the molecule is CCC1C2CNCC2CN1C(C)c1c(C)nn(CC)c1C. The third-order valence-electron chi connectivity index (χ3n) is 5.83. The molecule has 4 unspecified atom stereocenters. The summed E-state index contributed by atoms with van der Waals surface area (Å²) >= 11 is 0. The van der Waals surface area contributed by atoms with Crippen molar-refractivity contribution in [2.24, 2.45) is 11.8 Å². The average Bonchev–Trinajstić information content (AvgIpc) is 3.10. The summed E-state index contributed by atoms with van der Waals surface area (Å²) < 4.78 is 2.15. The standard InChI is InChI=1S/C17H30N4/c1-6-16-15-9-18-8-14(15)10-20(16)12(4)17-11(3)19-21(7-2)13(17)5/h12,14-16,18H,6-10H2,1-5H3. The minimum atomic E-state index is 0.487. The van der Waals surface area contributed by atoms with Crippen LogP contribution in [0.2, 0.25) is 0 Å². The first-order chi connectivity index (χ1) is 10.1. The fourth-order valence-corrected chi connectivity index (χ4v) is 4.83. The van der Waals surface area contributed by atoms with Crippen molar-refractivity contribution in [3.8, 4) is 0 Å². The van der Waals surface area contributed by atoms with Crippen LogP contribution in [0.4, 0.5) is 0 Å². The van der Waals surface area contributed by atoms with Crippen molar-refractivity contribution in [1.82, 2.24) is 20.0 Å². The zero-order chi connectivity index (χ0) is 15.1. The summed E-state index contributed by atoms with van der Waals surface area (Å²) in [4.78, 5) is 2.76. The van der Waals surface area contributed by atoms with Crippen LogP contribution in [0.5, 0.6) is 0 Å². The average molecular weight is 290 g/mol. The predicted octanol–water partition coefficient (Wildman–Crippen LogP) is 2.51. The minimum absolute atomic E-state index is 0.487. The Morgan fingerprint density at radius 2 is 2.05 bits per heavy atom. The van der Waals surface area contributed by atoms with E-state index in [9.17, 15) is 0 Å². The molecule has 4 nitrogen and oxygen atoms in total. The number of rotatable bonds is 4. The highest BCUT2D eigenvalue weighted by atomic mass is 15.3. The zero-order valence-corrected chi connectivity index (χ0v) is 14.2. The number of nitrogens with one attached hydrogen (secondary N) is 1. The van der Waals surface area contributed by atoms with E-state index in [1.165, 1.54) is 43.0 Å². The molecule has 118 valence electrons. The van der Waals surface area contributed by atoms with E-state index in [4.69, 9.17) is 5.10 Å². The number of hydrogen-bond donors (Lipinski definition) is 1. The third kappa shape index (κ3) is 2.33. The number of likely N-dealkylation sites (tertiary alicyclic amines) is 1. The fraction of sp³-hybridized carbons (Fsp3) is 0.824. The van der Waals surface area contributed by atoms with E-state index in [0.29, 0.717) is 6.04 Å². The van der Waals surface area contributed by atoms with Crippen molar-refractivity contribution in [1.29, 1.82) is 0 Å². The molecule has 21 heavy (non-hydrogen) atoms. The summed E-state index contributed by atoms with van der Waals surface area (Å²) in [5.41, 5.74) is 4.03. The van der Waals surface area contributed by atoms with Crippen LogP contribution in [0.3, 0.4) is 0 Å². The second-order valence-electron chi connectivity index (χ2n) is 6.83. The van der Waals surface area contributed by atoms with Crippen molar-refractivity contribution in [3.05, 3.63) is 17.0 Å². The van der Waals surface area contributed by atoms with E-state index in [-0.39, 0.29) is 0 Å². The van der Waals surface area contributed by atoms with Gasteiger partial charge < -0.3 is 5.32 Å². The predicted molar refractivity (Wildman–Crippen MR) is 86.4 cm³/mol. The number of nitrogens with zero attached hydrogens (tertiary/aromatic N) is 3. The van der Waals surface area contributed by atoms with Gasteiger partial charge in [-0.15, -0.1) is 0 Å². The summed E-state index contributed by atoms with van der Waals surface area (Å²) in [7, 11) is 0. The molecular weight excluding hydrogens is 260 g/mol. The highest BCUT2D eigenvalue weighted by Gasteiger charge is 2.45. The van der Waals surface area contributed by atoms with Gasteiger partial charge in [-0.25, -0.2) is 0 Å². The number of aromatic nitrogens is 2. The number of fused-ring (bicyclic) bond motifs is 1. The monoisotopic (exact) mass is 290 g/mol. The molecule has 0 amide bonds. The molecule has 1 N–H and O–H groups in total. The fourth-order valence-electron chi connectivity index (χ4n) is 4.83. The van der Waals surface area contributed by atoms with Gasteiger partial charge in [0, 0.05) is 36.4 Å². The van der Waals surface area contributed by atoms with Crippen LogP contribution >= 0.6 is 0 Å². The van der Waals surface area contributed by atoms with Crippen LogP contribution in [0.25, 0.3) is 0 Å². The van der Waals surface area contributed by atoms with E-state index < -0.39 is 0 Å². The van der Waals surface area contributed by atoms with Crippen LogP contribution in [-0.2, 0) is 6.54 Å². The Hall–Kier alpha value is -0.870. The first-order valence-corrected chi connectivity index (χ1v) is 8.58. The summed E-state index contributed by atoms with van der Waals surface area (Å²) in [6.45, 7) is 15.9. The molecule has 0 bridgehead atoms. The van der Waals surface area contributed by atoms with Crippen molar-refractivity contribution >= 4 is 0 Å². The molecule has 0 saturated carbocycles. The van der Waals surface area contributed by atoms with Gasteiger partial charge in [0.2, 0.25) is 0 Å². The normalized spacial score (nSPS) is 30.8. The van der Waals surface area contributed by atoms with Crippen molar-refractivity contribution in [2.45, 2.75) is 59.7 Å². The Balaban J connectivity index is 1.88. The van der Waals surface area contributed by atoms with Crippen molar-refractivity contribution in [3.63, 3.8) is 0 Å². The molecule has 4 heteroatoms. The molecule has 2 aliphatic heterocycles. The lowest BCUT2D eigenvalue weighted by Gasteiger charge is -2.33. The molecule has 4 atom stereocenters. The maximum Gasteiger partial charge on any atom is 0.0644 e. The first-order valence-electron chi connectivity index (χ1n) is 8.58. The molecule has 2 saturated heterocycles. The summed E-state index contributed by atoms with van der Waals surface area (Å²) in [5, 5.41) is 8.30. The van der Waals surface area contributed by atoms with E-state index in [1.807, 2.05) is 0 Å². The van der Waals surface area contributed by atoms with Crippen molar-refractivity contribution < 1.29 is 0 Å². The second kappa shape index (κ2) is 5.73. The van der Waals surface area contributed by atoms with E-state index in [1.54, 1.807) is 0 Å². The highest BCUT2D eigenvalue weighted by molar-refractivity contribution is 5.28. The molecule has 0 aliphatic carbocycles. The lowest BCUT2D eigenvalue weighted by atomic mass is 9.92. The zero-order valence-electron chi connectivity index (χ0n) is 14.2. The lowest BCUT2D eigenvalue weighted by Crippen LogP contribution is -2.37. The van der Waals surface area contributed by atoms with Gasteiger partial charge in [-0.1, -0.05) is 6.92 Å².